The van der Waals surface area contributed by atoms with Gasteiger partial charge in [-0.05, 0) is 31.2 Å². The summed E-state index contributed by atoms with van der Waals surface area (Å²) in [7, 11) is -0.0570. The zero-order chi connectivity index (χ0) is 14.0. The molecule has 1 aromatic carbocycles. The first kappa shape index (κ1) is 14.5. The van der Waals surface area contributed by atoms with Gasteiger partial charge in [0, 0.05) is 26.7 Å². The predicted molar refractivity (Wildman–Crippen MR) is 76.8 cm³/mol. The van der Waals surface area contributed by atoms with Crippen molar-refractivity contribution in [1.82, 2.24) is 8.61 Å². The molecule has 0 saturated heterocycles. The molecule has 0 unspecified atom stereocenters. The highest BCUT2D eigenvalue weighted by atomic mass is 32.2. The minimum Gasteiger partial charge on any atom is -0.195 e. The molecular weight excluding hydrogens is 260 g/mol. The Morgan fingerprint density at radius 1 is 1.21 bits per heavy atom. The zero-order valence-electron chi connectivity index (χ0n) is 11.8. The van der Waals surface area contributed by atoms with Gasteiger partial charge in [-0.2, -0.15) is 17.0 Å². The summed E-state index contributed by atoms with van der Waals surface area (Å²) in [6, 6.07) is 9.74. The smallest absolute Gasteiger partial charge is 0.195 e. The van der Waals surface area contributed by atoms with Crippen molar-refractivity contribution in [3.8, 4) is 0 Å². The van der Waals surface area contributed by atoms with Crippen LogP contribution in [-0.2, 0) is 16.8 Å². The number of rotatable bonds is 6. The molecule has 1 saturated carbocycles. The van der Waals surface area contributed by atoms with Crippen LogP contribution in [0.5, 0.6) is 0 Å². The van der Waals surface area contributed by atoms with Crippen molar-refractivity contribution >= 4 is 10.2 Å². The quantitative estimate of drug-likeness (QED) is 0.801. The third kappa shape index (κ3) is 3.35. The van der Waals surface area contributed by atoms with Crippen LogP contribution in [0.2, 0.25) is 0 Å². The summed E-state index contributed by atoms with van der Waals surface area (Å²) in [6.07, 6.45) is 2.28. The summed E-state index contributed by atoms with van der Waals surface area (Å²) < 4.78 is 27.8. The van der Waals surface area contributed by atoms with E-state index < -0.39 is 10.2 Å². The van der Waals surface area contributed by atoms with E-state index in [4.69, 9.17) is 0 Å². The highest BCUT2D eigenvalue weighted by Gasteiger charge is 2.36. The van der Waals surface area contributed by atoms with E-state index in [0.717, 1.165) is 18.4 Å². The molecule has 106 valence electrons. The Morgan fingerprint density at radius 3 is 2.32 bits per heavy atom. The third-order valence-electron chi connectivity index (χ3n) is 3.88. The molecule has 0 N–H and O–H groups in total. The van der Waals surface area contributed by atoms with Crippen LogP contribution < -0.4 is 0 Å². The molecule has 4 nitrogen and oxygen atoms in total. The minimum absolute atomic E-state index is 0.0863. The van der Waals surface area contributed by atoms with Gasteiger partial charge in [0.05, 0.1) is 0 Å². The molecule has 5 heteroatoms. The molecule has 2 rings (SSSR count). The zero-order valence-corrected chi connectivity index (χ0v) is 12.6. The predicted octanol–water partition coefficient (Wildman–Crippen LogP) is 2.09. The van der Waals surface area contributed by atoms with Crippen LogP contribution in [-0.4, -0.2) is 37.2 Å². The standard InChI is InChI=1S/C14H22N2O2S/c1-12(14-9-10-14)16(3)19(17,18)15(2)11-13-7-5-4-6-8-13/h4-8,12,14H,9-11H2,1-3H3/t12-/m0/s1. The molecule has 1 atom stereocenters. The Balaban J connectivity index is 2.06. The summed E-state index contributed by atoms with van der Waals surface area (Å²) >= 11 is 0. The van der Waals surface area contributed by atoms with Gasteiger partial charge in [0.15, 0.2) is 0 Å². The third-order valence-corrected chi connectivity index (χ3v) is 5.86. The first-order valence-corrected chi connectivity index (χ1v) is 8.06. The Kier molecular flexibility index (Phi) is 4.28. The van der Waals surface area contributed by atoms with E-state index in [-0.39, 0.29) is 6.04 Å². The molecule has 1 aromatic rings. The second-order valence-electron chi connectivity index (χ2n) is 5.34. The van der Waals surface area contributed by atoms with E-state index in [1.165, 1.54) is 8.61 Å². The Morgan fingerprint density at radius 2 is 1.79 bits per heavy atom. The number of benzene rings is 1. The summed E-state index contributed by atoms with van der Waals surface area (Å²) in [4.78, 5) is 0. The highest BCUT2D eigenvalue weighted by molar-refractivity contribution is 7.86. The van der Waals surface area contributed by atoms with Gasteiger partial charge in [-0.15, -0.1) is 0 Å². The van der Waals surface area contributed by atoms with E-state index in [1.54, 1.807) is 14.1 Å². The maximum atomic E-state index is 12.5. The molecule has 0 spiro atoms. The molecule has 1 fully saturated rings. The monoisotopic (exact) mass is 282 g/mol. The first-order chi connectivity index (χ1) is 8.93. The summed E-state index contributed by atoms with van der Waals surface area (Å²) in [5, 5.41) is 0. The van der Waals surface area contributed by atoms with Crippen LogP contribution in [0.25, 0.3) is 0 Å². The molecule has 0 radical (unpaired) electrons. The minimum atomic E-state index is -3.37. The summed E-state index contributed by atoms with van der Waals surface area (Å²) in [5.74, 6) is 0.532. The van der Waals surface area contributed by atoms with Crippen LogP contribution in [0.1, 0.15) is 25.3 Å². The Hall–Kier alpha value is -0.910. The SMILES string of the molecule is C[C@@H](C1CC1)N(C)S(=O)(=O)N(C)Cc1ccccc1. The van der Waals surface area contributed by atoms with Crippen LogP contribution in [0.3, 0.4) is 0 Å². The summed E-state index contributed by atoms with van der Waals surface area (Å²) in [5.41, 5.74) is 1.00. The second-order valence-corrected chi connectivity index (χ2v) is 7.44. The molecular formula is C14H22N2O2S. The van der Waals surface area contributed by atoms with Crippen molar-refractivity contribution in [3.05, 3.63) is 35.9 Å². The molecule has 0 aliphatic heterocycles. The van der Waals surface area contributed by atoms with Crippen molar-refractivity contribution in [3.63, 3.8) is 0 Å². The van der Waals surface area contributed by atoms with Gasteiger partial charge < -0.3 is 0 Å². The lowest BCUT2D eigenvalue weighted by atomic mass is 10.2. The van der Waals surface area contributed by atoms with Crippen LogP contribution in [0, 0.1) is 5.92 Å². The van der Waals surface area contributed by atoms with Crippen LogP contribution >= 0.6 is 0 Å². The van der Waals surface area contributed by atoms with Crippen molar-refractivity contribution in [1.29, 1.82) is 0 Å². The van der Waals surface area contributed by atoms with Crippen LogP contribution in [0.4, 0.5) is 0 Å². The molecule has 0 heterocycles. The van der Waals surface area contributed by atoms with Gasteiger partial charge in [0.2, 0.25) is 0 Å². The Labute approximate surface area is 116 Å². The fourth-order valence-corrected chi connectivity index (χ4v) is 3.57. The van der Waals surface area contributed by atoms with Crippen molar-refractivity contribution in [2.24, 2.45) is 5.92 Å². The topological polar surface area (TPSA) is 40.6 Å². The fourth-order valence-electron chi connectivity index (χ4n) is 2.23. The summed E-state index contributed by atoms with van der Waals surface area (Å²) in [6.45, 7) is 2.40. The maximum Gasteiger partial charge on any atom is 0.282 e. The average molecular weight is 282 g/mol. The number of hydrogen-bond acceptors (Lipinski definition) is 2. The van der Waals surface area contributed by atoms with E-state index in [0.29, 0.717) is 12.5 Å². The van der Waals surface area contributed by atoms with Crippen LogP contribution in [0.15, 0.2) is 30.3 Å². The normalized spacial score (nSPS) is 17.9. The average Bonchev–Trinajstić information content (AvgIpc) is 3.22. The molecule has 19 heavy (non-hydrogen) atoms. The fraction of sp³-hybridized carbons (Fsp3) is 0.571. The largest absolute Gasteiger partial charge is 0.282 e. The van der Waals surface area contributed by atoms with Gasteiger partial charge in [0.1, 0.15) is 0 Å². The molecule has 0 bridgehead atoms. The first-order valence-electron chi connectivity index (χ1n) is 6.66. The molecule has 0 aromatic heterocycles. The van der Waals surface area contributed by atoms with Crippen molar-refractivity contribution in [2.75, 3.05) is 14.1 Å². The van der Waals surface area contributed by atoms with Crippen molar-refractivity contribution < 1.29 is 8.42 Å². The molecule has 1 aliphatic carbocycles. The van der Waals surface area contributed by atoms with E-state index in [2.05, 4.69) is 0 Å². The van der Waals surface area contributed by atoms with Gasteiger partial charge in [-0.1, -0.05) is 30.3 Å². The second kappa shape index (κ2) is 5.61. The lowest BCUT2D eigenvalue weighted by Crippen LogP contribution is -2.44. The van der Waals surface area contributed by atoms with Crippen molar-refractivity contribution in [2.45, 2.75) is 32.4 Å². The molecule has 1 aliphatic rings. The van der Waals surface area contributed by atoms with Gasteiger partial charge >= 0.3 is 0 Å². The maximum absolute atomic E-state index is 12.5. The van der Waals surface area contributed by atoms with E-state index in [9.17, 15) is 8.42 Å². The highest BCUT2D eigenvalue weighted by Crippen LogP contribution is 2.35. The van der Waals surface area contributed by atoms with E-state index >= 15 is 0 Å². The lowest BCUT2D eigenvalue weighted by Gasteiger charge is -2.29. The van der Waals surface area contributed by atoms with E-state index in [1.807, 2.05) is 37.3 Å². The lowest BCUT2D eigenvalue weighted by molar-refractivity contribution is 0.321. The molecule has 0 amide bonds. The van der Waals surface area contributed by atoms with Gasteiger partial charge in [-0.3, -0.25) is 0 Å². The van der Waals surface area contributed by atoms with Gasteiger partial charge in [-0.25, -0.2) is 0 Å². The number of nitrogens with zero attached hydrogens (tertiary/aromatic N) is 2. The Bertz CT molecular complexity index is 512. The number of hydrogen-bond donors (Lipinski definition) is 0. The van der Waals surface area contributed by atoms with Gasteiger partial charge in [0.25, 0.3) is 10.2 Å².